The van der Waals surface area contributed by atoms with E-state index in [1.54, 1.807) is 12.2 Å². The fourth-order valence-electron chi connectivity index (χ4n) is 5.17. The highest BCUT2D eigenvalue weighted by molar-refractivity contribution is 6.06. The summed E-state index contributed by atoms with van der Waals surface area (Å²) in [6.07, 6.45) is 8.09. The van der Waals surface area contributed by atoms with Gasteiger partial charge in [0.2, 0.25) is 0 Å². The predicted molar refractivity (Wildman–Crippen MR) is 90.9 cm³/mol. The smallest absolute Gasteiger partial charge is 0.181 e. The quantitative estimate of drug-likeness (QED) is 0.777. The highest BCUT2D eigenvalue weighted by Gasteiger charge is 2.53. The predicted octanol–water partition coefficient (Wildman–Crippen LogP) is 3.55. The third kappa shape index (κ3) is 2.72. The first kappa shape index (κ1) is 16.9. The second-order valence-electron chi connectivity index (χ2n) is 8.93. The minimum Gasteiger partial charge on any atom is -0.389 e. The molecule has 23 heavy (non-hydrogen) atoms. The normalized spacial score (nSPS) is 40.0. The Balaban J connectivity index is 2.02. The molecule has 0 bridgehead atoms. The molecule has 3 aliphatic rings. The average molecular weight is 318 g/mol. The molecule has 0 heterocycles. The van der Waals surface area contributed by atoms with Crippen LogP contribution in [-0.4, -0.2) is 27.2 Å². The van der Waals surface area contributed by atoms with Crippen molar-refractivity contribution in [3.63, 3.8) is 0 Å². The number of carbonyl (C=O) groups excluding carboxylic acids is 1. The number of hydrogen-bond acceptors (Lipinski definition) is 3. The molecule has 3 heteroatoms. The lowest BCUT2D eigenvalue weighted by molar-refractivity contribution is -0.112. The Bertz CT molecular complexity index is 584. The third-order valence-electron chi connectivity index (χ3n) is 6.50. The molecule has 0 radical (unpaired) electrons. The molecule has 0 aromatic heterocycles. The van der Waals surface area contributed by atoms with Crippen LogP contribution < -0.4 is 0 Å². The number of rotatable bonds is 1. The Morgan fingerprint density at radius 2 is 1.87 bits per heavy atom. The number of aliphatic hydroxyl groups is 2. The summed E-state index contributed by atoms with van der Waals surface area (Å²) >= 11 is 0. The van der Waals surface area contributed by atoms with Gasteiger partial charge in [-0.05, 0) is 60.7 Å². The fourth-order valence-corrected chi connectivity index (χ4v) is 5.17. The van der Waals surface area contributed by atoms with Crippen LogP contribution in [0.5, 0.6) is 0 Å². The average Bonchev–Trinajstić information content (AvgIpc) is 2.52. The Morgan fingerprint density at radius 1 is 1.17 bits per heavy atom. The zero-order valence-electron chi connectivity index (χ0n) is 14.9. The molecule has 2 fully saturated rings. The highest BCUT2D eigenvalue weighted by atomic mass is 16.3. The van der Waals surface area contributed by atoms with E-state index in [1.165, 1.54) is 0 Å². The molecule has 1 unspecified atom stereocenters. The first-order valence-corrected chi connectivity index (χ1v) is 9.00. The molecule has 0 aromatic carbocycles. The van der Waals surface area contributed by atoms with Gasteiger partial charge in [0.1, 0.15) is 5.60 Å². The summed E-state index contributed by atoms with van der Waals surface area (Å²) in [4.78, 5) is 12.4. The van der Waals surface area contributed by atoms with Crippen molar-refractivity contribution in [1.82, 2.24) is 0 Å². The molecule has 3 rings (SSSR count). The maximum atomic E-state index is 12.4. The van der Waals surface area contributed by atoms with Gasteiger partial charge in [0, 0.05) is 12.0 Å². The molecule has 0 aliphatic heterocycles. The topological polar surface area (TPSA) is 57.5 Å². The van der Waals surface area contributed by atoms with Crippen LogP contribution in [0.3, 0.4) is 0 Å². The van der Waals surface area contributed by atoms with Crippen LogP contribution in [0.4, 0.5) is 0 Å². The molecule has 3 aliphatic carbocycles. The Kier molecular flexibility index (Phi) is 3.89. The van der Waals surface area contributed by atoms with Gasteiger partial charge in [0.15, 0.2) is 5.78 Å². The number of carbonyl (C=O) groups is 1. The molecule has 0 amide bonds. The third-order valence-corrected chi connectivity index (χ3v) is 6.50. The van der Waals surface area contributed by atoms with Gasteiger partial charge in [0.05, 0.1) is 5.60 Å². The van der Waals surface area contributed by atoms with Gasteiger partial charge in [-0.15, -0.1) is 0 Å². The van der Waals surface area contributed by atoms with Gasteiger partial charge in [-0.25, -0.2) is 0 Å². The maximum Gasteiger partial charge on any atom is 0.181 e. The van der Waals surface area contributed by atoms with E-state index in [0.29, 0.717) is 18.4 Å². The minimum atomic E-state index is -1.06. The van der Waals surface area contributed by atoms with Gasteiger partial charge in [-0.3, -0.25) is 4.79 Å². The van der Waals surface area contributed by atoms with Crippen LogP contribution in [0.25, 0.3) is 0 Å². The lowest BCUT2D eigenvalue weighted by atomic mass is 9.59. The monoisotopic (exact) mass is 318 g/mol. The summed E-state index contributed by atoms with van der Waals surface area (Å²) < 4.78 is 0. The largest absolute Gasteiger partial charge is 0.389 e. The summed E-state index contributed by atoms with van der Waals surface area (Å²) in [6, 6.07) is 0. The SMILES string of the molecule is CC(C)C1=C[C@]2(O)CCC3C(C)(C)CCC[C@]3(O)CC2=CC1=O. The van der Waals surface area contributed by atoms with Crippen molar-refractivity contribution in [2.45, 2.75) is 77.4 Å². The van der Waals surface area contributed by atoms with E-state index in [4.69, 9.17) is 0 Å². The summed E-state index contributed by atoms with van der Waals surface area (Å²) in [5, 5.41) is 22.6. The van der Waals surface area contributed by atoms with Gasteiger partial charge in [-0.1, -0.05) is 34.1 Å². The van der Waals surface area contributed by atoms with Crippen LogP contribution in [0.15, 0.2) is 23.3 Å². The van der Waals surface area contributed by atoms with Gasteiger partial charge in [-0.2, -0.15) is 0 Å². The highest BCUT2D eigenvalue weighted by Crippen LogP contribution is 2.55. The van der Waals surface area contributed by atoms with Gasteiger partial charge in [0.25, 0.3) is 0 Å². The summed E-state index contributed by atoms with van der Waals surface area (Å²) in [5.74, 6) is 0.274. The second kappa shape index (κ2) is 5.29. The molecular formula is C20H30O3. The molecule has 0 spiro atoms. The first-order valence-electron chi connectivity index (χ1n) is 9.00. The van der Waals surface area contributed by atoms with Crippen molar-refractivity contribution in [2.75, 3.05) is 0 Å². The fraction of sp³-hybridized carbons (Fsp3) is 0.750. The van der Waals surface area contributed by atoms with E-state index in [2.05, 4.69) is 13.8 Å². The van der Waals surface area contributed by atoms with Crippen molar-refractivity contribution >= 4 is 5.78 Å². The van der Waals surface area contributed by atoms with Crippen molar-refractivity contribution < 1.29 is 15.0 Å². The minimum absolute atomic E-state index is 0.00297. The molecular weight excluding hydrogens is 288 g/mol. The van der Waals surface area contributed by atoms with Crippen molar-refractivity contribution in [3.05, 3.63) is 23.3 Å². The number of fused-ring (bicyclic) bond motifs is 2. The van der Waals surface area contributed by atoms with E-state index in [-0.39, 0.29) is 23.0 Å². The molecule has 2 N–H and O–H groups in total. The van der Waals surface area contributed by atoms with Crippen LogP contribution in [0.1, 0.15) is 66.2 Å². The van der Waals surface area contributed by atoms with Crippen LogP contribution in [-0.2, 0) is 4.79 Å². The first-order chi connectivity index (χ1) is 10.6. The lowest BCUT2D eigenvalue weighted by Crippen LogP contribution is -2.48. The summed E-state index contributed by atoms with van der Waals surface area (Å²) in [5.41, 5.74) is -0.355. The zero-order valence-corrected chi connectivity index (χ0v) is 14.9. The Labute approximate surface area is 139 Å². The molecule has 3 atom stereocenters. The standard InChI is InChI=1S/C20H30O3/c1-13(2)15-12-19(22)9-6-17-18(3,4)7-5-8-20(17,23)11-14(19)10-16(15)21/h10,12-13,17,22-23H,5-9,11H2,1-4H3/t17?,19-,20+/m1/s1. The molecule has 0 aromatic rings. The molecule has 0 saturated heterocycles. The maximum absolute atomic E-state index is 12.4. The van der Waals surface area contributed by atoms with Crippen molar-refractivity contribution in [1.29, 1.82) is 0 Å². The van der Waals surface area contributed by atoms with E-state index in [0.717, 1.165) is 31.3 Å². The van der Waals surface area contributed by atoms with Crippen molar-refractivity contribution in [3.8, 4) is 0 Å². The zero-order chi connectivity index (χ0) is 17.0. The lowest BCUT2D eigenvalue weighted by Gasteiger charge is -2.49. The van der Waals surface area contributed by atoms with E-state index in [1.807, 2.05) is 13.8 Å². The molecule has 2 saturated carbocycles. The summed E-state index contributed by atoms with van der Waals surface area (Å²) in [7, 11) is 0. The molecule has 3 nitrogen and oxygen atoms in total. The van der Waals surface area contributed by atoms with E-state index < -0.39 is 11.2 Å². The van der Waals surface area contributed by atoms with Crippen LogP contribution in [0.2, 0.25) is 0 Å². The Hall–Kier alpha value is -0.930. The summed E-state index contributed by atoms with van der Waals surface area (Å²) in [6.45, 7) is 8.43. The van der Waals surface area contributed by atoms with E-state index >= 15 is 0 Å². The second-order valence-corrected chi connectivity index (χ2v) is 8.93. The van der Waals surface area contributed by atoms with Crippen molar-refractivity contribution in [2.24, 2.45) is 17.3 Å². The van der Waals surface area contributed by atoms with Crippen LogP contribution in [0, 0.1) is 17.3 Å². The van der Waals surface area contributed by atoms with Gasteiger partial charge >= 0.3 is 0 Å². The Morgan fingerprint density at radius 3 is 2.52 bits per heavy atom. The van der Waals surface area contributed by atoms with E-state index in [9.17, 15) is 15.0 Å². The van der Waals surface area contributed by atoms with Gasteiger partial charge < -0.3 is 10.2 Å². The van der Waals surface area contributed by atoms with Crippen LogP contribution >= 0.6 is 0 Å². The number of hydrogen-bond donors (Lipinski definition) is 2. The number of ketones is 1. The number of allylic oxidation sites excluding steroid dienone is 2. The molecule has 128 valence electrons.